The van der Waals surface area contributed by atoms with Gasteiger partial charge in [0.1, 0.15) is 5.75 Å². The van der Waals surface area contributed by atoms with Crippen molar-refractivity contribution >= 4 is 46.8 Å². The summed E-state index contributed by atoms with van der Waals surface area (Å²) in [5.41, 5.74) is 0. The molecule has 1 aromatic carbocycles. The van der Waals surface area contributed by atoms with E-state index in [9.17, 15) is 9.59 Å². The van der Waals surface area contributed by atoms with E-state index < -0.39 is 5.97 Å². The van der Waals surface area contributed by atoms with Gasteiger partial charge in [0.25, 0.3) is 5.91 Å². The molecule has 5 nitrogen and oxygen atoms in total. The molecule has 0 spiro atoms. The topological polar surface area (TPSA) is 66.8 Å². The van der Waals surface area contributed by atoms with Crippen LogP contribution in [0.1, 0.15) is 6.42 Å². The van der Waals surface area contributed by atoms with Crippen LogP contribution in [0.4, 0.5) is 0 Å². The molecule has 0 saturated carbocycles. The molecule has 1 atom stereocenters. The van der Waals surface area contributed by atoms with Gasteiger partial charge in [0.05, 0.1) is 22.5 Å². The van der Waals surface area contributed by atoms with Crippen LogP contribution >= 0.6 is 35.0 Å². The van der Waals surface area contributed by atoms with E-state index in [1.165, 1.54) is 6.07 Å². The van der Waals surface area contributed by atoms with E-state index in [0.29, 0.717) is 28.1 Å². The van der Waals surface area contributed by atoms with Crippen LogP contribution in [0.3, 0.4) is 0 Å². The molecular weight excluding hydrogens is 349 g/mol. The second-order valence-corrected chi connectivity index (χ2v) is 6.74. The third-order valence-electron chi connectivity index (χ3n) is 3.21. The van der Waals surface area contributed by atoms with Crippen molar-refractivity contribution in [2.45, 2.75) is 12.5 Å². The number of carboxylic acid groups (broad SMARTS) is 1. The van der Waals surface area contributed by atoms with Gasteiger partial charge in [0.2, 0.25) is 0 Å². The van der Waals surface area contributed by atoms with Crippen LogP contribution in [-0.4, -0.2) is 52.6 Å². The summed E-state index contributed by atoms with van der Waals surface area (Å²) in [5.74, 6) is 0.747. The summed E-state index contributed by atoms with van der Waals surface area (Å²) < 4.78 is 5.42. The zero-order valence-corrected chi connectivity index (χ0v) is 14.0. The van der Waals surface area contributed by atoms with Crippen molar-refractivity contribution in [3.63, 3.8) is 0 Å². The standard InChI is InChI=1S/C14H15Cl2NO4S/c15-11-2-1-10(6-12(11)16)21-7-13(18)17-3-4-22-8-9(17)5-14(19)20/h1-2,6,9H,3-5,7-8H2,(H,19,20). The van der Waals surface area contributed by atoms with Crippen molar-refractivity contribution < 1.29 is 19.4 Å². The van der Waals surface area contributed by atoms with Crippen LogP contribution in [0.25, 0.3) is 0 Å². The van der Waals surface area contributed by atoms with Crippen LogP contribution < -0.4 is 4.74 Å². The minimum atomic E-state index is -0.907. The van der Waals surface area contributed by atoms with Gasteiger partial charge in [-0.15, -0.1) is 0 Å². The first-order chi connectivity index (χ1) is 10.5. The van der Waals surface area contributed by atoms with Gasteiger partial charge in [-0.2, -0.15) is 11.8 Å². The first kappa shape index (κ1) is 17.2. The van der Waals surface area contributed by atoms with E-state index in [1.54, 1.807) is 28.8 Å². The Labute approximate surface area is 142 Å². The molecule has 1 saturated heterocycles. The zero-order valence-electron chi connectivity index (χ0n) is 11.6. The van der Waals surface area contributed by atoms with Crippen molar-refractivity contribution in [2.24, 2.45) is 0 Å². The number of rotatable bonds is 5. The predicted molar refractivity (Wildman–Crippen MR) is 87.0 cm³/mol. The summed E-state index contributed by atoms with van der Waals surface area (Å²) >= 11 is 13.3. The molecule has 0 radical (unpaired) electrons. The number of carbonyl (C=O) groups is 2. The molecule has 1 fully saturated rings. The maximum absolute atomic E-state index is 12.3. The summed E-state index contributed by atoms with van der Waals surface area (Å²) in [6.45, 7) is 0.380. The molecule has 22 heavy (non-hydrogen) atoms. The zero-order chi connectivity index (χ0) is 16.1. The van der Waals surface area contributed by atoms with Crippen LogP contribution in [-0.2, 0) is 9.59 Å². The number of hydrogen-bond acceptors (Lipinski definition) is 4. The highest BCUT2D eigenvalue weighted by atomic mass is 35.5. The third kappa shape index (κ3) is 4.69. The normalized spacial score (nSPS) is 18.1. The summed E-state index contributed by atoms with van der Waals surface area (Å²) in [7, 11) is 0. The third-order valence-corrected chi connectivity index (χ3v) is 5.04. The Morgan fingerprint density at radius 3 is 2.82 bits per heavy atom. The van der Waals surface area contributed by atoms with Crippen molar-refractivity contribution in [2.75, 3.05) is 24.7 Å². The van der Waals surface area contributed by atoms with E-state index in [0.717, 1.165) is 5.75 Å². The number of carbonyl (C=O) groups excluding carboxylic acids is 1. The van der Waals surface area contributed by atoms with Crippen LogP contribution in [0, 0.1) is 0 Å². The lowest BCUT2D eigenvalue weighted by Crippen LogP contribution is -2.48. The fourth-order valence-electron chi connectivity index (χ4n) is 2.15. The Balaban J connectivity index is 1.94. The Hall–Kier alpha value is -1.11. The van der Waals surface area contributed by atoms with E-state index in [1.807, 2.05) is 0 Å². The maximum Gasteiger partial charge on any atom is 0.305 e. The molecule has 1 aromatic rings. The number of amides is 1. The van der Waals surface area contributed by atoms with Gasteiger partial charge in [0.15, 0.2) is 6.61 Å². The SMILES string of the molecule is O=C(O)CC1CSCCN1C(=O)COc1ccc(Cl)c(Cl)c1. The average Bonchev–Trinajstić information content (AvgIpc) is 2.48. The second kappa shape index (κ2) is 7.94. The van der Waals surface area contributed by atoms with Crippen LogP contribution in [0.15, 0.2) is 18.2 Å². The van der Waals surface area contributed by atoms with Gasteiger partial charge >= 0.3 is 5.97 Å². The highest BCUT2D eigenvalue weighted by Gasteiger charge is 2.28. The molecule has 1 amide bonds. The lowest BCUT2D eigenvalue weighted by molar-refractivity contribution is -0.141. The molecule has 1 aliphatic rings. The Morgan fingerprint density at radius 2 is 2.14 bits per heavy atom. The first-order valence-corrected chi connectivity index (χ1v) is 8.55. The van der Waals surface area contributed by atoms with Crippen molar-refractivity contribution in [3.05, 3.63) is 28.2 Å². The smallest absolute Gasteiger partial charge is 0.305 e. The number of aliphatic carboxylic acids is 1. The molecule has 0 bridgehead atoms. The molecule has 1 N–H and O–H groups in total. The monoisotopic (exact) mass is 363 g/mol. The molecule has 0 aromatic heterocycles. The quantitative estimate of drug-likeness (QED) is 0.870. The molecule has 120 valence electrons. The summed E-state index contributed by atoms with van der Waals surface area (Å²) in [5, 5.41) is 9.69. The van der Waals surface area contributed by atoms with Gasteiger partial charge < -0.3 is 14.7 Å². The number of benzene rings is 1. The predicted octanol–water partition coefficient (Wildman–Crippen LogP) is 2.79. The first-order valence-electron chi connectivity index (χ1n) is 6.64. The van der Waals surface area contributed by atoms with E-state index >= 15 is 0 Å². The summed E-state index contributed by atoms with van der Waals surface area (Å²) in [6, 6.07) is 4.47. The van der Waals surface area contributed by atoms with Gasteiger partial charge in [-0.3, -0.25) is 9.59 Å². The van der Waals surface area contributed by atoms with Gasteiger partial charge in [-0.1, -0.05) is 23.2 Å². The fourth-order valence-corrected chi connectivity index (χ4v) is 3.50. The number of hydrogen-bond donors (Lipinski definition) is 1. The molecule has 1 unspecified atom stereocenters. The van der Waals surface area contributed by atoms with Gasteiger partial charge in [-0.05, 0) is 12.1 Å². The lowest BCUT2D eigenvalue weighted by Gasteiger charge is -2.34. The number of halogens is 2. The lowest BCUT2D eigenvalue weighted by atomic mass is 10.2. The summed E-state index contributed by atoms with van der Waals surface area (Å²) in [6.07, 6.45) is -0.0501. The number of carboxylic acids is 1. The van der Waals surface area contributed by atoms with Gasteiger partial charge in [-0.25, -0.2) is 0 Å². The average molecular weight is 364 g/mol. The van der Waals surface area contributed by atoms with Crippen molar-refractivity contribution in [1.82, 2.24) is 4.90 Å². The largest absolute Gasteiger partial charge is 0.484 e. The molecule has 1 heterocycles. The highest BCUT2D eigenvalue weighted by molar-refractivity contribution is 7.99. The van der Waals surface area contributed by atoms with E-state index in [4.69, 9.17) is 33.0 Å². The highest BCUT2D eigenvalue weighted by Crippen LogP contribution is 2.26. The molecule has 1 aliphatic heterocycles. The van der Waals surface area contributed by atoms with E-state index in [-0.39, 0.29) is 25.0 Å². The Kier molecular flexibility index (Phi) is 6.23. The molecule has 0 aliphatic carbocycles. The maximum atomic E-state index is 12.3. The second-order valence-electron chi connectivity index (χ2n) is 4.78. The fraction of sp³-hybridized carbons (Fsp3) is 0.429. The summed E-state index contributed by atoms with van der Waals surface area (Å²) in [4.78, 5) is 24.7. The Bertz CT molecular complexity index is 570. The molecule has 2 rings (SSSR count). The van der Waals surface area contributed by atoms with E-state index in [2.05, 4.69) is 0 Å². The van der Waals surface area contributed by atoms with Crippen molar-refractivity contribution in [3.8, 4) is 5.75 Å². The van der Waals surface area contributed by atoms with Crippen LogP contribution in [0.2, 0.25) is 10.0 Å². The minimum Gasteiger partial charge on any atom is -0.484 e. The minimum absolute atomic E-state index is 0.0501. The number of nitrogens with zero attached hydrogens (tertiary/aromatic N) is 1. The van der Waals surface area contributed by atoms with Crippen LogP contribution in [0.5, 0.6) is 5.75 Å². The number of ether oxygens (including phenoxy) is 1. The molecular formula is C14H15Cl2NO4S. The molecule has 8 heteroatoms. The van der Waals surface area contributed by atoms with Gasteiger partial charge in [0, 0.05) is 24.1 Å². The Morgan fingerprint density at radius 1 is 1.36 bits per heavy atom. The number of thioether (sulfide) groups is 1. The van der Waals surface area contributed by atoms with Crippen molar-refractivity contribution in [1.29, 1.82) is 0 Å².